The number of aromatic nitrogens is 2. The van der Waals surface area contributed by atoms with Crippen LogP contribution in [0.15, 0.2) is 59.6 Å². The van der Waals surface area contributed by atoms with Gasteiger partial charge in [-0.3, -0.25) is 0 Å². The van der Waals surface area contributed by atoms with Crippen molar-refractivity contribution in [2.45, 2.75) is 37.3 Å². The summed E-state index contributed by atoms with van der Waals surface area (Å²) in [5, 5.41) is 3.20. The quantitative estimate of drug-likeness (QED) is 0.599. The standard InChI is InChI=1S/C20H21N5/c21-18-23-19-22-16-8-4-5-9-17(16)25(19)20(24-18)12-10-15(11-13-20)14-6-2-1-3-7-14/h1-9,15H,10-13H2,(H3,21,22,23,24)/p+1. The number of benzene rings is 2. The largest absolute Gasteiger partial charge is 0.365 e. The van der Waals surface area contributed by atoms with Gasteiger partial charge in [0.15, 0.2) is 5.66 Å². The summed E-state index contributed by atoms with van der Waals surface area (Å²) in [6.07, 6.45) is 4.22. The molecule has 1 aliphatic heterocycles. The molecule has 1 saturated carbocycles. The average Bonchev–Trinajstić information content (AvgIpc) is 3.02. The molecular formula is C20H22N5+. The third kappa shape index (κ3) is 2.22. The minimum atomic E-state index is -0.282. The maximum atomic E-state index is 6.13. The van der Waals surface area contributed by atoms with Gasteiger partial charge in [0, 0.05) is 12.8 Å². The molecule has 4 N–H and O–H groups in total. The summed E-state index contributed by atoms with van der Waals surface area (Å²) in [6.45, 7) is 0. The van der Waals surface area contributed by atoms with Gasteiger partial charge >= 0.3 is 5.95 Å². The van der Waals surface area contributed by atoms with Gasteiger partial charge in [0.25, 0.3) is 5.96 Å². The van der Waals surface area contributed by atoms with Crippen LogP contribution in [0.25, 0.3) is 11.0 Å². The van der Waals surface area contributed by atoms with Crippen molar-refractivity contribution in [3.63, 3.8) is 0 Å². The molecule has 2 aliphatic rings. The van der Waals surface area contributed by atoms with Crippen LogP contribution in [-0.4, -0.2) is 10.9 Å². The molecule has 126 valence electrons. The Morgan fingerprint density at radius 2 is 1.72 bits per heavy atom. The molecule has 0 radical (unpaired) electrons. The molecule has 1 aliphatic carbocycles. The number of fused-ring (bicyclic) bond motifs is 4. The van der Waals surface area contributed by atoms with Crippen molar-refractivity contribution in [1.29, 1.82) is 0 Å². The van der Waals surface area contributed by atoms with E-state index in [2.05, 4.69) is 63.4 Å². The van der Waals surface area contributed by atoms with E-state index >= 15 is 0 Å². The highest BCUT2D eigenvalue weighted by atomic mass is 15.4. The third-order valence-electron chi connectivity index (χ3n) is 5.67. The van der Waals surface area contributed by atoms with E-state index in [1.54, 1.807) is 0 Å². The lowest BCUT2D eigenvalue weighted by atomic mass is 9.78. The molecule has 0 amide bonds. The van der Waals surface area contributed by atoms with Gasteiger partial charge in [0.1, 0.15) is 11.0 Å². The number of nitrogens with two attached hydrogens (primary N) is 1. The Balaban J connectivity index is 1.55. The van der Waals surface area contributed by atoms with Crippen LogP contribution in [0.1, 0.15) is 37.2 Å². The molecular weight excluding hydrogens is 310 g/mol. The summed E-state index contributed by atoms with van der Waals surface area (Å²) in [7, 11) is 0. The van der Waals surface area contributed by atoms with E-state index in [4.69, 9.17) is 10.7 Å². The van der Waals surface area contributed by atoms with E-state index in [0.717, 1.165) is 37.1 Å². The van der Waals surface area contributed by atoms with Gasteiger partial charge in [-0.15, -0.1) is 0 Å². The number of anilines is 1. The summed E-state index contributed by atoms with van der Waals surface area (Å²) in [5.74, 6) is 2.05. The van der Waals surface area contributed by atoms with E-state index in [1.165, 1.54) is 11.1 Å². The van der Waals surface area contributed by atoms with Gasteiger partial charge in [-0.25, -0.2) is 14.9 Å². The molecule has 5 nitrogen and oxygen atoms in total. The van der Waals surface area contributed by atoms with Crippen LogP contribution < -0.4 is 15.6 Å². The Morgan fingerprint density at radius 3 is 2.52 bits per heavy atom. The van der Waals surface area contributed by atoms with Crippen molar-refractivity contribution in [2.75, 3.05) is 5.32 Å². The van der Waals surface area contributed by atoms with Crippen molar-refractivity contribution >= 4 is 22.9 Å². The van der Waals surface area contributed by atoms with Crippen LogP contribution in [0.3, 0.4) is 0 Å². The SMILES string of the molecule is NC1=NC2(CCC(c3ccccc3)CC2)[n+]2c([nH]c3ccccc32)N1. The number of H-pyrrole nitrogens is 1. The van der Waals surface area contributed by atoms with Gasteiger partial charge in [-0.1, -0.05) is 42.5 Å². The molecule has 5 heteroatoms. The topological polar surface area (TPSA) is 70.1 Å². The van der Waals surface area contributed by atoms with Crippen LogP contribution in [0.4, 0.5) is 5.95 Å². The van der Waals surface area contributed by atoms with E-state index < -0.39 is 0 Å². The van der Waals surface area contributed by atoms with Gasteiger partial charge in [-0.2, -0.15) is 4.99 Å². The predicted molar refractivity (Wildman–Crippen MR) is 99.4 cm³/mol. The lowest BCUT2D eigenvalue weighted by molar-refractivity contribution is -0.733. The van der Waals surface area contributed by atoms with E-state index in [1.807, 2.05) is 6.07 Å². The normalized spacial score (nSPS) is 25.4. The van der Waals surface area contributed by atoms with E-state index in [9.17, 15) is 0 Å². The summed E-state index contributed by atoms with van der Waals surface area (Å²) in [4.78, 5) is 8.34. The van der Waals surface area contributed by atoms with Gasteiger partial charge in [-0.05, 0) is 36.5 Å². The van der Waals surface area contributed by atoms with Crippen molar-refractivity contribution < 1.29 is 4.57 Å². The minimum absolute atomic E-state index is 0.282. The molecule has 2 heterocycles. The summed E-state index contributed by atoms with van der Waals surface area (Å²) in [5.41, 5.74) is 9.57. The number of nitrogens with zero attached hydrogens (tertiary/aromatic N) is 2. The molecule has 0 unspecified atom stereocenters. The van der Waals surface area contributed by atoms with Crippen molar-refractivity contribution in [3.05, 3.63) is 60.2 Å². The zero-order chi connectivity index (χ0) is 16.9. The van der Waals surface area contributed by atoms with Crippen LogP contribution >= 0.6 is 0 Å². The second kappa shape index (κ2) is 5.34. The molecule has 1 spiro atoms. The highest BCUT2D eigenvalue weighted by Gasteiger charge is 2.46. The smallest absolute Gasteiger partial charge is 0.357 e. The Morgan fingerprint density at radius 1 is 1.00 bits per heavy atom. The fourth-order valence-corrected chi connectivity index (χ4v) is 4.50. The number of aromatic amines is 1. The van der Waals surface area contributed by atoms with Crippen molar-refractivity contribution in [1.82, 2.24) is 4.98 Å². The number of nitrogens with one attached hydrogen (secondary N) is 2. The minimum Gasteiger partial charge on any atom is -0.357 e. The number of imidazole rings is 1. The fourth-order valence-electron chi connectivity index (χ4n) is 4.50. The van der Waals surface area contributed by atoms with Crippen molar-refractivity contribution in [3.8, 4) is 0 Å². The zero-order valence-electron chi connectivity index (χ0n) is 14.1. The Labute approximate surface area is 146 Å². The second-order valence-electron chi connectivity index (χ2n) is 7.12. The van der Waals surface area contributed by atoms with Crippen LogP contribution in [0, 0.1) is 0 Å². The predicted octanol–water partition coefficient (Wildman–Crippen LogP) is 3.21. The molecule has 0 saturated heterocycles. The zero-order valence-corrected chi connectivity index (χ0v) is 14.1. The third-order valence-corrected chi connectivity index (χ3v) is 5.67. The second-order valence-corrected chi connectivity index (χ2v) is 7.12. The number of hydrogen-bond acceptors (Lipinski definition) is 3. The van der Waals surface area contributed by atoms with Gasteiger partial charge < -0.3 is 5.73 Å². The van der Waals surface area contributed by atoms with Crippen LogP contribution in [-0.2, 0) is 5.66 Å². The Bertz CT molecular complexity index is 949. The number of aliphatic imine (C=N–C) groups is 1. The van der Waals surface area contributed by atoms with Crippen LogP contribution in [0.2, 0.25) is 0 Å². The first-order valence-electron chi connectivity index (χ1n) is 8.96. The lowest BCUT2D eigenvalue weighted by Crippen LogP contribution is -2.61. The van der Waals surface area contributed by atoms with Gasteiger partial charge in [0.2, 0.25) is 0 Å². The van der Waals surface area contributed by atoms with Crippen molar-refractivity contribution in [2.24, 2.45) is 10.7 Å². The molecule has 0 atom stereocenters. The Kier molecular flexibility index (Phi) is 3.10. The number of hydrogen-bond donors (Lipinski definition) is 3. The summed E-state index contributed by atoms with van der Waals surface area (Å²) < 4.78 is 2.32. The molecule has 1 aromatic heterocycles. The molecule has 2 aromatic carbocycles. The first-order valence-corrected chi connectivity index (χ1v) is 8.96. The maximum absolute atomic E-state index is 6.13. The molecule has 3 aromatic rings. The summed E-state index contributed by atoms with van der Waals surface area (Å²) >= 11 is 0. The first-order chi connectivity index (χ1) is 12.3. The van der Waals surface area contributed by atoms with E-state index in [0.29, 0.717) is 11.9 Å². The Hall–Kier alpha value is -2.82. The van der Waals surface area contributed by atoms with Crippen LogP contribution in [0.5, 0.6) is 0 Å². The average molecular weight is 332 g/mol. The highest BCUT2D eigenvalue weighted by Crippen LogP contribution is 2.42. The number of guanidine groups is 1. The van der Waals surface area contributed by atoms with E-state index in [-0.39, 0.29) is 5.66 Å². The van der Waals surface area contributed by atoms with Gasteiger partial charge in [0.05, 0.1) is 0 Å². The summed E-state index contributed by atoms with van der Waals surface area (Å²) in [6, 6.07) is 19.2. The number of rotatable bonds is 1. The molecule has 1 fully saturated rings. The number of para-hydroxylation sites is 2. The first kappa shape index (κ1) is 14.5. The maximum Gasteiger partial charge on any atom is 0.365 e. The highest BCUT2D eigenvalue weighted by molar-refractivity contribution is 5.92. The molecule has 25 heavy (non-hydrogen) atoms. The monoisotopic (exact) mass is 332 g/mol. The fraction of sp³-hybridized carbons (Fsp3) is 0.300. The molecule has 0 bridgehead atoms. The molecule has 5 rings (SSSR count). The lowest BCUT2D eigenvalue weighted by Gasteiger charge is -2.38.